The molecule has 0 radical (unpaired) electrons. The Morgan fingerprint density at radius 2 is 1.59 bits per heavy atom. The van der Waals surface area contributed by atoms with Crippen LogP contribution in [0, 0.1) is 0 Å². The van der Waals surface area contributed by atoms with Gasteiger partial charge in [-0.2, -0.15) is 5.10 Å². The predicted molar refractivity (Wildman–Crippen MR) is 124 cm³/mol. The van der Waals surface area contributed by atoms with E-state index in [-0.39, 0.29) is 10.8 Å². The van der Waals surface area contributed by atoms with Crippen LogP contribution >= 0.6 is 34.8 Å². The van der Waals surface area contributed by atoms with Crippen LogP contribution in [0.2, 0.25) is 15.1 Å². The monoisotopic (exact) mass is 489 g/mol. The van der Waals surface area contributed by atoms with Gasteiger partial charge in [-0.15, -0.1) is 0 Å². The molecule has 0 fully saturated rings. The zero-order valence-electron chi connectivity index (χ0n) is 16.1. The van der Waals surface area contributed by atoms with Crippen LogP contribution < -0.4 is 15.5 Å². The molecular weight excluding hydrogens is 477 g/mol. The van der Waals surface area contributed by atoms with Crippen molar-refractivity contribution in [3.8, 4) is 5.75 Å². The van der Waals surface area contributed by atoms with Crippen molar-refractivity contribution in [3.63, 3.8) is 0 Å². The summed E-state index contributed by atoms with van der Waals surface area (Å²) in [6.07, 6.45) is 1.30. The Morgan fingerprint density at radius 3 is 2.31 bits per heavy atom. The summed E-state index contributed by atoms with van der Waals surface area (Å²) in [5, 5.41) is 7.17. The van der Waals surface area contributed by atoms with Gasteiger partial charge in [-0.1, -0.05) is 46.9 Å². The number of benzene rings is 3. The summed E-state index contributed by atoms with van der Waals surface area (Å²) in [6, 6.07) is 17.1. The topological polar surface area (TPSA) is 96.9 Å². The number of nitrogens with one attached hydrogen (secondary N) is 2. The van der Waals surface area contributed by atoms with Crippen LogP contribution in [0.3, 0.4) is 0 Å². The van der Waals surface area contributed by atoms with Gasteiger partial charge in [0.25, 0.3) is 0 Å². The number of hydrogen-bond acceptors (Lipinski definition) is 5. The summed E-state index contributed by atoms with van der Waals surface area (Å²) in [5.74, 6) is -2.20. The molecule has 3 rings (SSSR count). The highest BCUT2D eigenvalue weighted by molar-refractivity contribution is 6.43. The number of amides is 2. The molecule has 32 heavy (non-hydrogen) atoms. The molecule has 0 atom stereocenters. The zero-order chi connectivity index (χ0) is 23.1. The van der Waals surface area contributed by atoms with Crippen LogP contribution in [0.25, 0.3) is 0 Å². The third-order valence-corrected chi connectivity index (χ3v) is 4.90. The molecule has 0 saturated carbocycles. The van der Waals surface area contributed by atoms with Crippen LogP contribution in [0.4, 0.5) is 5.69 Å². The summed E-state index contributed by atoms with van der Waals surface area (Å²) < 4.78 is 5.32. The lowest BCUT2D eigenvalue weighted by Gasteiger charge is -2.06. The highest BCUT2D eigenvalue weighted by Gasteiger charge is 2.13. The Kier molecular flexibility index (Phi) is 7.83. The predicted octanol–water partition coefficient (Wildman–Crippen LogP) is 4.95. The van der Waals surface area contributed by atoms with Gasteiger partial charge in [-0.05, 0) is 60.2 Å². The Morgan fingerprint density at radius 1 is 0.844 bits per heavy atom. The first-order chi connectivity index (χ1) is 15.3. The fraction of sp³-hybridized carbons (Fsp3) is 0. The molecule has 2 amide bonds. The Balaban J connectivity index is 1.56. The number of halogens is 3. The Bertz CT molecular complexity index is 1200. The number of hydrazone groups is 1. The SMILES string of the molecule is O=C(N/N=C/c1cccc(OC(=O)c2ccc(Cl)cc2)c1)C(=O)Nc1ccc(Cl)c(Cl)c1. The average Bonchev–Trinajstić information content (AvgIpc) is 2.77. The maximum absolute atomic E-state index is 12.2. The van der Waals surface area contributed by atoms with Crippen molar-refractivity contribution in [3.05, 3.63) is 92.9 Å². The van der Waals surface area contributed by atoms with Crippen molar-refractivity contribution in [1.82, 2.24) is 5.43 Å². The van der Waals surface area contributed by atoms with Gasteiger partial charge in [-0.25, -0.2) is 10.2 Å². The van der Waals surface area contributed by atoms with Gasteiger partial charge in [0, 0.05) is 10.7 Å². The van der Waals surface area contributed by atoms with Crippen molar-refractivity contribution in [2.24, 2.45) is 5.10 Å². The second-order valence-corrected chi connectivity index (χ2v) is 7.50. The molecule has 7 nitrogen and oxygen atoms in total. The molecule has 0 aliphatic carbocycles. The van der Waals surface area contributed by atoms with Crippen molar-refractivity contribution in [2.75, 3.05) is 5.32 Å². The number of anilines is 1. The van der Waals surface area contributed by atoms with E-state index >= 15 is 0 Å². The van der Waals surface area contributed by atoms with Gasteiger partial charge in [0.05, 0.1) is 21.8 Å². The van der Waals surface area contributed by atoms with E-state index in [2.05, 4.69) is 15.8 Å². The van der Waals surface area contributed by atoms with E-state index in [0.29, 0.717) is 26.9 Å². The molecule has 0 bridgehead atoms. The Hall–Kier alpha value is -3.39. The van der Waals surface area contributed by atoms with E-state index in [9.17, 15) is 14.4 Å². The van der Waals surface area contributed by atoms with Gasteiger partial charge in [0.1, 0.15) is 5.75 Å². The molecule has 0 unspecified atom stereocenters. The van der Waals surface area contributed by atoms with Crippen LogP contribution in [-0.2, 0) is 9.59 Å². The molecule has 0 spiro atoms. The second kappa shape index (κ2) is 10.8. The lowest BCUT2D eigenvalue weighted by molar-refractivity contribution is -0.136. The van der Waals surface area contributed by atoms with Crippen LogP contribution in [0.1, 0.15) is 15.9 Å². The van der Waals surface area contributed by atoms with Crippen molar-refractivity contribution in [1.29, 1.82) is 0 Å². The molecule has 0 aliphatic rings. The quantitative estimate of drug-likeness (QED) is 0.174. The van der Waals surface area contributed by atoms with E-state index in [1.807, 2.05) is 0 Å². The third kappa shape index (κ3) is 6.55. The molecule has 3 aromatic carbocycles. The molecule has 3 aromatic rings. The van der Waals surface area contributed by atoms with Crippen LogP contribution in [0.15, 0.2) is 71.8 Å². The lowest BCUT2D eigenvalue weighted by Crippen LogP contribution is -2.32. The van der Waals surface area contributed by atoms with Gasteiger partial charge in [0.2, 0.25) is 0 Å². The van der Waals surface area contributed by atoms with E-state index in [0.717, 1.165) is 0 Å². The highest BCUT2D eigenvalue weighted by atomic mass is 35.5. The van der Waals surface area contributed by atoms with E-state index in [4.69, 9.17) is 39.5 Å². The fourth-order valence-corrected chi connectivity index (χ4v) is 2.81. The molecule has 2 N–H and O–H groups in total. The summed E-state index contributed by atoms with van der Waals surface area (Å²) in [7, 11) is 0. The normalized spacial score (nSPS) is 10.6. The minimum Gasteiger partial charge on any atom is -0.423 e. The number of ether oxygens (including phenoxy) is 1. The van der Waals surface area contributed by atoms with Gasteiger partial charge < -0.3 is 10.1 Å². The van der Waals surface area contributed by atoms with E-state index in [1.54, 1.807) is 48.5 Å². The maximum atomic E-state index is 12.2. The van der Waals surface area contributed by atoms with Crippen LogP contribution in [-0.4, -0.2) is 24.0 Å². The molecule has 162 valence electrons. The minimum atomic E-state index is -0.988. The zero-order valence-corrected chi connectivity index (χ0v) is 18.4. The molecule has 10 heteroatoms. The molecule has 0 aliphatic heterocycles. The summed E-state index contributed by atoms with van der Waals surface area (Å²) in [5.41, 5.74) is 3.28. The summed E-state index contributed by atoms with van der Waals surface area (Å²) >= 11 is 17.5. The van der Waals surface area contributed by atoms with Crippen molar-refractivity contribution in [2.45, 2.75) is 0 Å². The first-order valence-electron chi connectivity index (χ1n) is 8.99. The van der Waals surface area contributed by atoms with Crippen LogP contribution in [0.5, 0.6) is 5.75 Å². The summed E-state index contributed by atoms with van der Waals surface area (Å²) in [4.78, 5) is 36.0. The van der Waals surface area contributed by atoms with Gasteiger partial charge >= 0.3 is 17.8 Å². The number of carbonyl (C=O) groups excluding carboxylic acids is 3. The molecular formula is C22H14Cl3N3O4. The average molecular weight is 491 g/mol. The number of esters is 1. The number of carbonyl (C=O) groups is 3. The number of rotatable bonds is 5. The number of hydrogen-bond donors (Lipinski definition) is 2. The van der Waals surface area contributed by atoms with Gasteiger partial charge in [0.15, 0.2) is 0 Å². The van der Waals surface area contributed by atoms with E-state index < -0.39 is 17.8 Å². The number of nitrogens with zero attached hydrogens (tertiary/aromatic N) is 1. The fourth-order valence-electron chi connectivity index (χ4n) is 2.39. The first kappa shape index (κ1) is 23.3. The molecule has 0 saturated heterocycles. The smallest absolute Gasteiger partial charge is 0.343 e. The van der Waals surface area contributed by atoms with E-state index in [1.165, 1.54) is 24.4 Å². The van der Waals surface area contributed by atoms with Crippen molar-refractivity contribution < 1.29 is 19.1 Å². The Labute approximate surface area is 197 Å². The minimum absolute atomic E-state index is 0.236. The lowest BCUT2D eigenvalue weighted by atomic mass is 10.2. The maximum Gasteiger partial charge on any atom is 0.343 e. The summed E-state index contributed by atoms with van der Waals surface area (Å²) in [6.45, 7) is 0. The largest absolute Gasteiger partial charge is 0.423 e. The standard InChI is InChI=1S/C22H14Cl3N3O4/c23-15-6-4-14(5-7-15)22(31)32-17-3-1-2-13(10-17)12-26-28-21(30)20(29)27-16-8-9-18(24)19(25)11-16/h1-12H,(H,27,29)(H,28,30)/b26-12+. The second-order valence-electron chi connectivity index (χ2n) is 6.25. The van der Waals surface area contributed by atoms with Crippen molar-refractivity contribution >= 4 is 64.5 Å². The molecule has 0 heterocycles. The molecule has 0 aromatic heterocycles. The first-order valence-corrected chi connectivity index (χ1v) is 10.1. The highest BCUT2D eigenvalue weighted by Crippen LogP contribution is 2.25. The van der Waals surface area contributed by atoms with Gasteiger partial charge in [-0.3, -0.25) is 9.59 Å². The third-order valence-electron chi connectivity index (χ3n) is 3.91.